The summed E-state index contributed by atoms with van der Waals surface area (Å²) in [5, 5.41) is 9.31. The molecule has 0 saturated heterocycles. The fourth-order valence-corrected chi connectivity index (χ4v) is 2.24. The Balaban J connectivity index is 2.43. The highest BCUT2D eigenvalue weighted by atomic mass is 35.5. The molecule has 0 radical (unpaired) electrons. The van der Waals surface area contributed by atoms with Crippen molar-refractivity contribution in [1.29, 1.82) is 0 Å². The first-order valence-corrected chi connectivity index (χ1v) is 5.98. The highest BCUT2D eigenvalue weighted by molar-refractivity contribution is 6.28. The van der Waals surface area contributed by atoms with Crippen LogP contribution in [0.4, 0.5) is 4.39 Å². The predicted octanol–water partition coefficient (Wildman–Crippen LogP) is 2.89. The van der Waals surface area contributed by atoms with E-state index in [0.29, 0.717) is 11.2 Å². The standard InChI is InChI=1S/C13H7ClFN3O2/c14-13-16-5-4-9-17-10(12(19)20)11(18(9)13)7-2-1-3-8(15)6-7/h1-6H,(H,19,20). The van der Waals surface area contributed by atoms with Crippen molar-refractivity contribution in [2.45, 2.75) is 0 Å². The van der Waals surface area contributed by atoms with E-state index in [4.69, 9.17) is 11.6 Å². The van der Waals surface area contributed by atoms with Crippen molar-refractivity contribution in [1.82, 2.24) is 14.4 Å². The zero-order chi connectivity index (χ0) is 14.3. The Bertz CT molecular complexity index is 832. The third kappa shape index (κ3) is 1.90. The predicted molar refractivity (Wildman–Crippen MR) is 70.4 cm³/mol. The van der Waals surface area contributed by atoms with Crippen LogP contribution in [0.2, 0.25) is 5.28 Å². The molecule has 7 heteroatoms. The van der Waals surface area contributed by atoms with E-state index in [-0.39, 0.29) is 16.7 Å². The molecule has 0 aliphatic rings. The Labute approximate surface area is 117 Å². The molecule has 3 rings (SSSR count). The summed E-state index contributed by atoms with van der Waals surface area (Å²) < 4.78 is 14.7. The number of hydrogen-bond acceptors (Lipinski definition) is 3. The fourth-order valence-electron chi connectivity index (χ4n) is 2.01. The van der Waals surface area contributed by atoms with Crippen molar-refractivity contribution < 1.29 is 14.3 Å². The van der Waals surface area contributed by atoms with Crippen molar-refractivity contribution >= 4 is 23.2 Å². The van der Waals surface area contributed by atoms with Crippen molar-refractivity contribution in [3.63, 3.8) is 0 Å². The molecule has 0 saturated carbocycles. The number of imidazole rings is 1. The fraction of sp³-hybridized carbons (Fsp3) is 0. The number of aromatic nitrogens is 3. The van der Waals surface area contributed by atoms with E-state index in [1.807, 2.05) is 0 Å². The molecule has 1 N–H and O–H groups in total. The lowest BCUT2D eigenvalue weighted by Crippen LogP contribution is -2.01. The van der Waals surface area contributed by atoms with E-state index >= 15 is 0 Å². The van der Waals surface area contributed by atoms with Gasteiger partial charge in [0.2, 0.25) is 5.28 Å². The van der Waals surface area contributed by atoms with Crippen molar-refractivity contribution in [3.05, 3.63) is 53.3 Å². The number of fused-ring (bicyclic) bond motifs is 1. The van der Waals surface area contributed by atoms with Crippen LogP contribution in [0.15, 0.2) is 36.5 Å². The average molecular weight is 292 g/mol. The van der Waals surface area contributed by atoms with E-state index in [9.17, 15) is 14.3 Å². The Morgan fingerprint density at radius 2 is 2.15 bits per heavy atom. The summed E-state index contributed by atoms with van der Waals surface area (Å²) in [4.78, 5) is 19.2. The van der Waals surface area contributed by atoms with E-state index in [0.717, 1.165) is 0 Å². The second-order valence-electron chi connectivity index (χ2n) is 4.03. The van der Waals surface area contributed by atoms with Crippen LogP contribution in [-0.4, -0.2) is 25.4 Å². The van der Waals surface area contributed by atoms with Gasteiger partial charge in [0.15, 0.2) is 5.69 Å². The maximum atomic E-state index is 13.4. The van der Waals surface area contributed by atoms with Crippen LogP contribution in [-0.2, 0) is 0 Å². The molecule has 0 fully saturated rings. The number of benzene rings is 1. The summed E-state index contributed by atoms with van der Waals surface area (Å²) in [6.07, 6.45) is 1.42. The van der Waals surface area contributed by atoms with Gasteiger partial charge in [-0.3, -0.25) is 4.40 Å². The summed E-state index contributed by atoms with van der Waals surface area (Å²) in [5.74, 6) is -1.70. The molecule has 0 spiro atoms. The highest BCUT2D eigenvalue weighted by Gasteiger charge is 2.21. The van der Waals surface area contributed by atoms with Crippen LogP contribution in [0.1, 0.15) is 10.5 Å². The molecule has 2 aromatic heterocycles. The van der Waals surface area contributed by atoms with Crippen LogP contribution < -0.4 is 0 Å². The van der Waals surface area contributed by atoms with Crippen molar-refractivity contribution in [2.24, 2.45) is 0 Å². The highest BCUT2D eigenvalue weighted by Crippen LogP contribution is 2.28. The van der Waals surface area contributed by atoms with Gasteiger partial charge in [-0.1, -0.05) is 12.1 Å². The lowest BCUT2D eigenvalue weighted by molar-refractivity contribution is 0.0692. The van der Waals surface area contributed by atoms with Gasteiger partial charge < -0.3 is 5.11 Å². The Morgan fingerprint density at radius 3 is 2.85 bits per heavy atom. The van der Waals surface area contributed by atoms with Gasteiger partial charge in [0, 0.05) is 11.8 Å². The van der Waals surface area contributed by atoms with Gasteiger partial charge in [-0.25, -0.2) is 19.2 Å². The summed E-state index contributed by atoms with van der Waals surface area (Å²) in [7, 11) is 0. The Kier molecular flexibility index (Phi) is 2.87. The topological polar surface area (TPSA) is 67.5 Å². The van der Waals surface area contributed by atoms with Crippen molar-refractivity contribution in [3.8, 4) is 11.3 Å². The zero-order valence-corrected chi connectivity index (χ0v) is 10.7. The third-order valence-electron chi connectivity index (χ3n) is 2.79. The minimum Gasteiger partial charge on any atom is -0.476 e. The maximum Gasteiger partial charge on any atom is 0.356 e. The second kappa shape index (κ2) is 4.57. The molecule has 20 heavy (non-hydrogen) atoms. The molecule has 3 aromatic rings. The SMILES string of the molecule is O=C(O)c1nc2ccnc(Cl)n2c1-c1cccc(F)c1. The van der Waals surface area contributed by atoms with Gasteiger partial charge in [-0.2, -0.15) is 0 Å². The quantitative estimate of drug-likeness (QED) is 0.737. The smallest absolute Gasteiger partial charge is 0.356 e. The van der Waals surface area contributed by atoms with Crippen LogP contribution in [0, 0.1) is 5.82 Å². The molecule has 0 aliphatic carbocycles. The first-order chi connectivity index (χ1) is 9.58. The van der Waals surface area contributed by atoms with Crippen LogP contribution in [0.3, 0.4) is 0 Å². The average Bonchev–Trinajstić information content (AvgIpc) is 2.80. The van der Waals surface area contributed by atoms with E-state index in [1.165, 1.54) is 34.9 Å². The monoisotopic (exact) mass is 291 g/mol. The Morgan fingerprint density at radius 1 is 1.35 bits per heavy atom. The number of nitrogens with zero attached hydrogens (tertiary/aromatic N) is 3. The van der Waals surface area contributed by atoms with Gasteiger partial charge in [0.05, 0.1) is 5.69 Å². The molecule has 0 atom stereocenters. The van der Waals surface area contributed by atoms with Gasteiger partial charge in [0.25, 0.3) is 0 Å². The summed E-state index contributed by atoms with van der Waals surface area (Å²) in [5.41, 5.74) is 0.696. The minimum absolute atomic E-state index is 0.0572. The summed E-state index contributed by atoms with van der Waals surface area (Å²) in [6, 6.07) is 7.09. The first kappa shape index (κ1) is 12.6. The molecule has 0 amide bonds. The van der Waals surface area contributed by atoms with Gasteiger partial charge in [-0.05, 0) is 29.8 Å². The van der Waals surface area contributed by atoms with E-state index in [1.54, 1.807) is 6.07 Å². The molecule has 0 unspecified atom stereocenters. The summed E-state index contributed by atoms with van der Waals surface area (Å²) in [6.45, 7) is 0. The molecular formula is C13H7ClFN3O2. The molecule has 5 nitrogen and oxygen atoms in total. The lowest BCUT2D eigenvalue weighted by atomic mass is 10.1. The molecule has 0 bridgehead atoms. The number of aromatic carboxylic acids is 1. The third-order valence-corrected chi connectivity index (χ3v) is 3.06. The van der Waals surface area contributed by atoms with Crippen molar-refractivity contribution in [2.75, 3.05) is 0 Å². The summed E-state index contributed by atoms with van der Waals surface area (Å²) >= 11 is 6.00. The molecule has 1 aromatic carbocycles. The van der Waals surface area contributed by atoms with E-state index in [2.05, 4.69) is 9.97 Å². The molecule has 0 aliphatic heterocycles. The largest absolute Gasteiger partial charge is 0.476 e. The van der Waals surface area contributed by atoms with Crippen LogP contribution in [0.5, 0.6) is 0 Å². The second-order valence-corrected chi connectivity index (χ2v) is 4.37. The number of carbonyl (C=O) groups is 1. The van der Waals surface area contributed by atoms with Gasteiger partial charge in [-0.15, -0.1) is 0 Å². The number of carboxylic acids is 1. The minimum atomic E-state index is -1.22. The van der Waals surface area contributed by atoms with Crippen LogP contribution in [0.25, 0.3) is 16.9 Å². The number of hydrogen-bond donors (Lipinski definition) is 1. The number of rotatable bonds is 2. The first-order valence-electron chi connectivity index (χ1n) is 5.60. The van der Waals surface area contributed by atoms with Gasteiger partial charge >= 0.3 is 5.97 Å². The van der Waals surface area contributed by atoms with Crippen LogP contribution >= 0.6 is 11.6 Å². The van der Waals surface area contributed by atoms with E-state index < -0.39 is 11.8 Å². The lowest BCUT2D eigenvalue weighted by Gasteiger charge is -2.04. The molecule has 100 valence electrons. The maximum absolute atomic E-state index is 13.4. The molecule has 2 heterocycles. The zero-order valence-electron chi connectivity index (χ0n) is 9.92. The normalized spacial score (nSPS) is 10.9. The molecular weight excluding hydrogens is 285 g/mol. The Hall–Kier alpha value is -2.47. The number of halogens is 2. The number of carboxylic acid groups (broad SMARTS) is 1. The van der Waals surface area contributed by atoms with Gasteiger partial charge in [0.1, 0.15) is 11.5 Å².